The lowest BCUT2D eigenvalue weighted by Crippen LogP contribution is -2.37. The summed E-state index contributed by atoms with van der Waals surface area (Å²) < 4.78 is 3.27. The second kappa shape index (κ2) is 5.80. The molecule has 1 N–H and O–H groups in total. The number of thioether (sulfide) groups is 1. The molecule has 1 fully saturated rings. The third kappa shape index (κ3) is 2.32. The number of hydrogen-bond acceptors (Lipinski definition) is 6. The van der Waals surface area contributed by atoms with Gasteiger partial charge in [0.05, 0.1) is 5.70 Å². The van der Waals surface area contributed by atoms with Crippen LogP contribution in [0.1, 0.15) is 19.4 Å². The van der Waals surface area contributed by atoms with E-state index in [2.05, 4.69) is 36.2 Å². The van der Waals surface area contributed by atoms with Crippen molar-refractivity contribution in [2.75, 3.05) is 11.9 Å². The largest absolute Gasteiger partial charge is 0.346 e. The fourth-order valence-corrected chi connectivity index (χ4v) is 6.26. The molecule has 0 saturated carbocycles. The molecule has 2 aromatic rings. The van der Waals surface area contributed by atoms with Crippen molar-refractivity contribution in [1.82, 2.24) is 9.88 Å². The van der Waals surface area contributed by atoms with Crippen LogP contribution in [-0.2, 0) is 17.3 Å². The first-order valence-electron chi connectivity index (χ1n) is 8.05. The van der Waals surface area contributed by atoms with Crippen LogP contribution in [0.4, 0.5) is 5.69 Å². The van der Waals surface area contributed by atoms with Gasteiger partial charge >= 0.3 is 0 Å². The summed E-state index contributed by atoms with van der Waals surface area (Å²) in [6.07, 6.45) is 0. The normalized spacial score (nSPS) is 22.7. The second-order valence-corrected chi connectivity index (χ2v) is 9.51. The van der Waals surface area contributed by atoms with Gasteiger partial charge in [0.15, 0.2) is 0 Å². The molecular formula is C18H17N3O2S3. The van der Waals surface area contributed by atoms with E-state index in [1.807, 2.05) is 19.2 Å². The number of anilines is 1. The highest BCUT2D eigenvalue weighted by molar-refractivity contribution is 8.30. The van der Waals surface area contributed by atoms with Crippen LogP contribution in [0, 0.1) is 0 Å². The van der Waals surface area contributed by atoms with Crippen molar-refractivity contribution in [2.24, 2.45) is 7.05 Å². The molecule has 134 valence electrons. The van der Waals surface area contributed by atoms with E-state index in [-0.39, 0.29) is 16.9 Å². The first kappa shape index (κ1) is 17.5. The van der Waals surface area contributed by atoms with Gasteiger partial charge in [-0.05, 0) is 11.6 Å². The molecule has 0 spiro atoms. The van der Waals surface area contributed by atoms with Gasteiger partial charge in [0.1, 0.15) is 18.4 Å². The third-order valence-electron chi connectivity index (χ3n) is 4.89. The lowest BCUT2D eigenvalue weighted by Gasteiger charge is -2.23. The average Bonchev–Trinajstić information content (AvgIpc) is 3.14. The summed E-state index contributed by atoms with van der Waals surface area (Å²) in [4.78, 5) is 27.8. The number of rotatable bonds is 0. The minimum atomic E-state index is -0.301. The number of amides is 1. The summed E-state index contributed by atoms with van der Waals surface area (Å²) in [6.45, 7) is 4.26. The maximum absolute atomic E-state index is 13.0. The minimum Gasteiger partial charge on any atom is -0.346 e. The van der Waals surface area contributed by atoms with Crippen molar-refractivity contribution in [1.29, 1.82) is 0 Å². The number of thiocarbonyl (C=S) groups is 1. The number of para-hydroxylation sites is 1. The van der Waals surface area contributed by atoms with E-state index in [1.165, 1.54) is 28.7 Å². The maximum atomic E-state index is 13.0. The topological polar surface area (TPSA) is 54.3 Å². The Balaban J connectivity index is 2.09. The molecule has 2 aliphatic rings. The van der Waals surface area contributed by atoms with Crippen LogP contribution in [0.5, 0.6) is 0 Å². The van der Waals surface area contributed by atoms with Gasteiger partial charge in [-0.3, -0.25) is 9.59 Å². The number of benzene rings is 1. The first-order chi connectivity index (χ1) is 12.2. The maximum Gasteiger partial charge on any atom is 0.270 e. The highest BCUT2D eigenvalue weighted by Gasteiger charge is 2.40. The highest BCUT2D eigenvalue weighted by atomic mass is 32.2. The van der Waals surface area contributed by atoms with Crippen LogP contribution in [0.15, 0.2) is 29.1 Å². The average molecular weight is 404 g/mol. The van der Waals surface area contributed by atoms with Gasteiger partial charge in [-0.1, -0.05) is 56.0 Å². The molecule has 8 heteroatoms. The Morgan fingerprint density at radius 1 is 1.15 bits per heavy atom. The zero-order valence-corrected chi connectivity index (χ0v) is 17.2. The van der Waals surface area contributed by atoms with Gasteiger partial charge in [-0.2, -0.15) is 0 Å². The van der Waals surface area contributed by atoms with Crippen LogP contribution < -0.4 is 25.0 Å². The van der Waals surface area contributed by atoms with Gasteiger partial charge in [0.25, 0.3) is 11.5 Å². The lowest BCUT2D eigenvalue weighted by molar-refractivity contribution is -0.113. The van der Waals surface area contributed by atoms with Crippen LogP contribution in [0.2, 0.25) is 0 Å². The Kier molecular flexibility index (Phi) is 3.91. The number of thiazole rings is 1. The van der Waals surface area contributed by atoms with Crippen LogP contribution in [-0.4, -0.2) is 21.8 Å². The van der Waals surface area contributed by atoms with Crippen LogP contribution in [0.3, 0.4) is 0 Å². The number of carbonyl (C=O) groups excluding carboxylic acids is 1. The van der Waals surface area contributed by atoms with E-state index in [1.54, 1.807) is 11.6 Å². The molecule has 26 heavy (non-hydrogen) atoms. The second-order valence-electron chi connectivity index (χ2n) is 6.82. The van der Waals surface area contributed by atoms with Crippen molar-refractivity contribution >= 4 is 61.8 Å². The van der Waals surface area contributed by atoms with E-state index >= 15 is 0 Å². The molecule has 4 rings (SSSR count). The Hall–Kier alpha value is -1.90. The molecule has 0 unspecified atom stereocenters. The molecular weight excluding hydrogens is 386 g/mol. The molecule has 5 nitrogen and oxygen atoms in total. The molecule has 1 aromatic heterocycles. The Labute approximate surface area is 164 Å². The molecule has 0 aliphatic carbocycles. The van der Waals surface area contributed by atoms with Crippen molar-refractivity contribution in [3.05, 3.63) is 49.4 Å². The van der Waals surface area contributed by atoms with E-state index in [0.717, 1.165) is 11.4 Å². The van der Waals surface area contributed by atoms with Crippen molar-refractivity contribution < 1.29 is 4.79 Å². The van der Waals surface area contributed by atoms with Gasteiger partial charge in [0, 0.05) is 25.2 Å². The number of nitrogens with one attached hydrogen (secondary N) is 1. The SMILES string of the molecule is CN1/C(=c2/s/c(=C3\SC(=S)NC3=O)n(C)c2=O)C(C)(C)c2ccccc21. The molecule has 0 radical (unpaired) electrons. The molecule has 0 atom stereocenters. The summed E-state index contributed by atoms with van der Waals surface area (Å²) in [6, 6.07) is 8.19. The number of likely N-dealkylation sites (N-methyl/N-ethyl adjacent to an activating group) is 1. The van der Waals surface area contributed by atoms with Gasteiger partial charge in [0.2, 0.25) is 0 Å². The fourth-order valence-electron chi connectivity index (χ4n) is 3.65. The highest BCUT2D eigenvalue weighted by Crippen LogP contribution is 2.46. The summed E-state index contributed by atoms with van der Waals surface area (Å²) in [7, 11) is 3.69. The molecule has 3 heterocycles. The monoisotopic (exact) mass is 403 g/mol. The van der Waals surface area contributed by atoms with E-state index in [9.17, 15) is 9.59 Å². The number of fused-ring (bicyclic) bond motifs is 1. The predicted octanol–water partition coefficient (Wildman–Crippen LogP) is 1.24. The minimum absolute atomic E-state index is 0.0913. The number of aromatic nitrogens is 1. The molecule has 1 saturated heterocycles. The summed E-state index contributed by atoms with van der Waals surface area (Å²) in [5.41, 5.74) is 2.86. The Morgan fingerprint density at radius 3 is 2.46 bits per heavy atom. The van der Waals surface area contributed by atoms with Gasteiger partial charge in [-0.25, -0.2) is 0 Å². The molecule has 2 aliphatic heterocycles. The number of hydrogen-bond donors (Lipinski definition) is 1. The quantitative estimate of drug-likeness (QED) is 0.671. The number of carbonyl (C=O) groups is 1. The lowest BCUT2D eigenvalue weighted by atomic mass is 9.84. The Bertz CT molecular complexity index is 1160. The summed E-state index contributed by atoms with van der Waals surface area (Å²) >= 11 is 7.65. The molecule has 1 aromatic carbocycles. The standard InChI is InChI=1S/C18H17N3O2S3/c1-18(2)9-7-5-6-8-10(9)20(3)13(18)11-15(23)21(4)16(25-11)12-14(22)19-17(24)26-12/h5-8H,1-4H3,(H,19,22,24)/b13-11+,16-12-. The van der Waals surface area contributed by atoms with Gasteiger partial charge in [-0.15, -0.1) is 11.3 Å². The zero-order valence-electron chi connectivity index (χ0n) is 14.7. The molecule has 1 amide bonds. The predicted molar refractivity (Wildman–Crippen MR) is 112 cm³/mol. The van der Waals surface area contributed by atoms with Crippen molar-refractivity contribution in [2.45, 2.75) is 19.3 Å². The van der Waals surface area contributed by atoms with E-state index in [0.29, 0.717) is 18.4 Å². The molecule has 0 bridgehead atoms. The Morgan fingerprint density at radius 2 is 1.85 bits per heavy atom. The summed E-state index contributed by atoms with van der Waals surface area (Å²) in [5, 5.41) is 2.62. The third-order valence-corrected chi connectivity index (χ3v) is 7.49. The number of nitrogens with zero attached hydrogens (tertiary/aromatic N) is 2. The fraction of sp³-hybridized carbons (Fsp3) is 0.278. The smallest absolute Gasteiger partial charge is 0.270 e. The first-order valence-corrected chi connectivity index (χ1v) is 10.1. The van der Waals surface area contributed by atoms with Gasteiger partial charge < -0.3 is 14.8 Å². The summed E-state index contributed by atoms with van der Waals surface area (Å²) in [5.74, 6) is -0.240. The van der Waals surface area contributed by atoms with E-state index < -0.39 is 0 Å². The van der Waals surface area contributed by atoms with Crippen molar-refractivity contribution in [3.8, 4) is 0 Å². The van der Waals surface area contributed by atoms with Crippen LogP contribution in [0.25, 0.3) is 10.6 Å². The van der Waals surface area contributed by atoms with E-state index in [4.69, 9.17) is 12.2 Å². The van der Waals surface area contributed by atoms with Crippen molar-refractivity contribution in [3.63, 3.8) is 0 Å². The zero-order chi connectivity index (χ0) is 18.8. The van der Waals surface area contributed by atoms with Crippen LogP contribution >= 0.6 is 35.3 Å².